The monoisotopic (exact) mass is 302 g/mol. The summed E-state index contributed by atoms with van der Waals surface area (Å²) in [4.78, 5) is 4.67. The van der Waals surface area contributed by atoms with E-state index in [1.807, 2.05) is 51.1 Å². The van der Waals surface area contributed by atoms with Crippen LogP contribution in [0.25, 0.3) is 0 Å². The number of rotatable bonds is 5. The molecular weight excluding hydrogens is 284 g/mol. The summed E-state index contributed by atoms with van der Waals surface area (Å²) in [5, 5.41) is 0. The van der Waals surface area contributed by atoms with Crippen molar-refractivity contribution >= 4 is 17.2 Å². The highest BCUT2D eigenvalue weighted by molar-refractivity contribution is 7.80. The normalized spacial score (nSPS) is 10.2. The topological polar surface area (TPSA) is 57.4 Å². The number of hydrogen-bond acceptors (Lipinski definition) is 4. The first-order valence-electron chi connectivity index (χ1n) is 6.70. The molecule has 0 saturated heterocycles. The van der Waals surface area contributed by atoms with Crippen molar-refractivity contribution < 1.29 is 9.47 Å². The molecule has 0 unspecified atom stereocenters. The number of benzene rings is 1. The number of aryl methyl sites for hydroxylation is 2. The van der Waals surface area contributed by atoms with Crippen LogP contribution in [0.4, 0.5) is 0 Å². The van der Waals surface area contributed by atoms with Crippen molar-refractivity contribution in [2.45, 2.75) is 20.8 Å². The summed E-state index contributed by atoms with van der Waals surface area (Å²) in [5.74, 6) is 1.81. The Morgan fingerprint density at radius 1 is 1.24 bits per heavy atom. The minimum absolute atomic E-state index is 0.274. The molecule has 0 fully saturated rings. The van der Waals surface area contributed by atoms with Crippen molar-refractivity contribution in [3.05, 3.63) is 47.2 Å². The Balaban J connectivity index is 2.39. The van der Waals surface area contributed by atoms with E-state index in [-0.39, 0.29) is 4.99 Å². The van der Waals surface area contributed by atoms with Gasteiger partial charge in [-0.1, -0.05) is 18.3 Å². The van der Waals surface area contributed by atoms with Gasteiger partial charge in [0.05, 0.1) is 12.2 Å². The molecule has 1 aromatic carbocycles. The van der Waals surface area contributed by atoms with Crippen LogP contribution >= 0.6 is 12.2 Å². The molecule has 2 rings (SSSR count). The van der Waals surface area contributed by atoms with Crippen molar-refractivity contribution in [2.75, 3.05) is 6.61 Å². The van der Waals surface area contributed by atoms with Gasteiger partial charge >= 0.3 is 0 Å². The Bertz CT molecular complexity index is 671. The third-order valence-corrected chi connectivity index (χ3v) is 3.09. The zero-order chi connectivity index (χ0) is 15.4. The zero-order valence-electron chi connectivity index (χ0n) is 12.3. The summed E-state index contributed by atoms with van der Waals surface area (Å²) in [6.45, 7) is 6.37. The molecular formula is C16H18N2O2S. The van der Waals surface area contributed by atoms with Crippen molar-refractivity contribution in [2.24, 2.45) is 5.73 Å². The van der Waals surface area contributed by atoms with Crippen LogP contribution in [-0.2, 0) is 0 Å². The van der Waals surface area contributed by atoms with Crippen LogP contribution in [0.3, 0.4) is 0 Å². The Hall–Kier alpha value is -2.14. The highest BCUT2D eigenvalue weighted by Crippen LogP contribution is 2.28. The van der Waals surface area contributed by atoms with Gasteiger partial charge in [-0.3, -0.25) is 0 Å². The summed E-state index contributed by atoms with van der Waals surface area (Å²) in [7, 11) is 0. The molecule has 5 heteroatoms. The van der Waals surface area contributed by atoms with E-state index in [1.165, 1.54) is 0 Å². The molecule has 1 heterocycles. The van der Waals surface area contributed by atoms with Crippen molar-refractivity contribution in [3.8, 4) is 17.4 Å². The summed E-state index contributed by atoms with van der Waals surface area (Å²) in [6, 6.07) is 9.32. The summed E-state index contributed by atoms with van der Waals surface area (Å²) >= 11 is 5.10. The van der Waals surface area contributed by atoms with Gasteiger partial charge < -0.3 is 15.2 Å². The number of pyridine rings is 1. The summed E-state index contributed by atoms with van der Waals surface area (Å²) < 4.78 is 11.3. The Labute approximate surface area is 129 Å². The summed E-state index contributed by atoms with van der Waals surface area (Å²) in [5.41, 5.74) is 8.25. The lowest BCUT2D eigenvalue weighted by Crippen LogP contribution is -2.14. The summed E-state index contributed by atoms with van der Waals surface area (Å²) in [6.07, 6.45) is 0. The fourth-order valence-corrected chi connectivity index (χ4v) is 2.33. The van der Waals surface area contributed by atoms with Crippen molar-refractivity contribution in [1.29, 1.82) is 0 Å². The lowest BCUT2D eigenvalue weighted by molar-refractivity contribution is 0.338. The van der Waals surface area contributed by atoms with Crippen molar-refractivity contribution in [3.63, 3.8) is 0 Å². The maximum absolute atomic E-state index is 5.86. The second kappa shape index (κ2) is 6.54. The van der Waals surface area contributed by atoms with Gasteiger partial charge in [-0.25, -0.2) is 4.98 Å². The Morgan fingerprint density at radius 3 is 2.62 bits per heavy atom. The van der Waals surface area contributed by atoms with Gasteiger partial charge in [0.2, 0.25) is 5.88 Å². The third-order valence-electron chi connectivity index (χ3n) is 2.89. The molecule has 4 nitrogen and oxygen atoms in total. The van der Waals surface area contributed by atoms with Gasteiger partial charge in [0.15, 0.2) is 0 Å². The molecule has 2 aromatic rings. The average Bonchev–Trinajstić information content (AvgIpc) is 2.38. The van der Waals surface area contributed by atoms with Crippen LogP contribution in [0.15, 0.2) is 30.3 Å². The van der Waals surface area contributed by atoms with E-state index >= 15 is 0 Å². The average molecular weight is 302 g/mol. The first kappa shape index (κ1) is 15.3. The fraction of sp³-hybridized carbons (Fsp3) is 0.250. The highest BCUT2D eigenvalue weighted by atomic mass is 32.1. The molecule has 0 amide bonds. The molecule has 0 spiro atoms. The number of thiocarbonyl (C=S) groups is 1. The molecule has 21 heavy (non-hydrogen) atoms. The molecule has 0 aliphatic carbocycles. The first-order chi connectivity index (χ1) is 10.0. The number of aromatic nitrogens is 1. The van der Waals surface area contributed by atoms with Gasteiger partial charge in [-0.05, 0) is 44.5 Å². The van der Waals surface area contributed by atoms with E-state index in [9.17, 15) is 0 Å². The van der Waals surface area contributed by atoms with Gasteiger partial charge in [0, 0.05) is 11.8 Å². The number of nitrogens with zero attached hydrogens (tertiary/aromatic N) is 1. The maximum atomic E-state index is 5.86. The highest BCUT2D eigenvalue weighted by Gasteiger charge is 2.14. The van der Waals surface area contributed by atoms with Gasteiger partial charge in [0.25, 0.3) is 0 Å². The molecule has 0 aliphatic heterocycles. The SMILES string of the molecule is CCOc1cccc(Oc2nc(C)cc(C)c2C(N)=S)c1. The van der Waals surface area contributed by atoms with Crippen LogP contribution < -0.4 is 15.2 Å². The third kappa shape index (κ3) is 3.70. The van der Waals surface area contributed by atoms with Crippen LogP contribution in [0, 0.1) is 13.8 Å². The number of nitrogens with two attached hydrogens (primary N) is 1. The Kier molecular flexibility index (Phi) is 4.75. The molecule has 110 valence electrons. The smallest absolute Gasteiger partial charge is 0.229 e. The predicted octanol–water partition coefficient (Wildman–Crippen LogP) is 3.52. The van der Waals surface area contributed by atoms with Crippen LogP contribution in [-0.4, -0.2) is 16.6 Å². The second-order valence-corrected chi connectivity index (χ2v) is 5.07. The lowest BCUT2D eigenvalue weighted by Gasteiger charge is -2.13. The molecule has 0 atom stereocenters. The van der Waals surface area contributed by atoms with E-state index in [0.717, 1.165) is 17.0 Å². The van der Waals surface area contributed by atoms with Crippen LogP contribution in [0.1, 0.15) is 23.7 Å². The van der Waals surface area contributed by atoms with E-state index in [0.29, 0.717) is 23.8 Å². The van der Waals surface area contributed by atoms with Crippen LogP contribution in [0.5, 0.6) is 17.4 Å². The van der Waals surface area contributed by atoms with Crippen molar-refractivity contribution in [1.82, 2.24) is 4.98 Å². The molecule has 0 aliphatic rings. The van der Waals surface area contributed by atoms with E-state index in [4.69, 9.17) is 27.4 Å². The first-order valence-corrected chi connectivity index (χ1v) is 7.11. The quantitative estimate of drug-likeness (QED) is 0.856. The Morgan fingerprint density at radius 2 is 1.95 bits per heavy atom. The van der Waals surface area contributed by atoms with E-state index < -0.39 is 0 Å². The van der Waals surface area contributed by atoms with Gasteiger partial charge in [-0.15, -0.1) is 0 Å². The minimum atomic E-state index is 0.274. The molecule has 1 aromatic heterocycles. The molecule has 0 radical (unpaired) electrons. The van der Waals surface area contributed by atoms with E-state index in [1.54, 1.807) is 0 Å². The lowest BCUT2D eigenvalue weighted by atomic mass is 10.1. The molecule has 0 saturated carbocycles. The zero-order valence-corrected chi connectivity index (χ0v) is 13.2. The minimum Gasteiger partial charge on any atom is -0.494 e. The second-order valence-electron chi connectivity index (χ2n) is 4.63. The maximum Gasteiger partial charge on any atom is 0.229 e. The standard InChI is InChI=1S/C16H18N2O2S/c1-4-19-12-6-5-7-13(9-12)20-16-14(15(17)21)10(2)8-11(3)18-16/h5-9H,4H2,1-3H3,(H2,17,21). The largest absolute Gasteiger partial charge is 0.494 e. The number of hydrogen-bond donors (Lipinski definition) is 1. The molecule has 2 N–H and O–H groups in total. The fourth-order valence-electron chi connectivity index (χ4n) is 2.08. The molecule has 0 bridgehead atoms. The van der Waals surface area contributed by atoms with E-state index in [2.05, 4.69) is 4.98 Å². The van der Waals surface area contributed by atoms with Crippen LogP contribution in [0.2, 0.25) is 0 Å². The predicted molar refractivity (Wildman–Crippen MR) is 87.3 cm³/mol. The van der Waals surface area contributed by atoms with Gasteiger partial charge in [0.1, 0.15) is 16.5 Å². The van der Waals surface area contributed by atoms with Gasteiger partial charge in [-0.2, -0.15) is 0 Å². The number of ether oxygens (including phenoxy) is 2.